The molecule has 0 aliphatic rings. The highest BCUT2D eigenvalue weighted by atomic mass is 32.5. The van der Waals surface area contributed by atoms with Crippen molar-refractivity contribution in [1.82, 2.24) is 5.20 Å². The first-order valence-electron chi connectivity index (χ1n) is 9.18. The summed E-state index contributed by atoms with van der Waals surface area (Å²) in [5.74, 6) is 0.758. The van der Waals surface area contributed by atoms with E-state index in [1.807, 2.05) is 12.1 Å². The summed E-state index contributed by atoms with van der Waals surface area (Å²) in [5.41, 5.74) is -0.574. The molecule has 7 nitrogen and oxygen atoms in total. The lowest BCUT2D eigenvalue weighted by Crippen LogP contribution is -2.15. The number of hydrogen-bond donors (Lipinski definition) is 2. The van der Waals surface area contributed by atoms with Gasteiger partial charge in [0.05, 0.1) is 11.6 Å². The number of nitrogens with one attached hydrogen (secondary N) is 1. The Bertz CT molecular complexity index is 1280. The molecule has 0 spiro atoms. The second-order valence-electron chi connectivity index (χ2n) is 6.31. The summed E-state index contributed by atoms with van der Waals surface area (Å²) >= 11 is 5.60. The van der Waals surface area contributed by atoms with E-state index < -0.39 is 12.3 Å². The largest absolute Gasteiger partial charge is 0.506 e. The summed E-state index contributed by atoms with van der Waals surface area (Å²) < 4.78 is 17.0. The van der Waals surface area contributed by atoms with Crippen LogP contribution in [0.15, 0.2) is 99.2 Å². The van der Waals surface area contributed by atoms with Crippen molar-refractivity contribution in [1.29, 1.82) is 0 Å². The predicted molar refractivity (Wildman–Crippen MR) is 123 cm³/mol. The Hall–Kier alpha value is -3.61. The molecule has 0 unspecified atom stereocenters. The third-order valence-electron chi connectivity index (χ3n) is 4.13. The Morgan fingerprint density at radius 2 is 1.45 bits per heavy atom. The number of aromatic hydroxyl groups is 1. The highest BCUT2D eigenvalue weighted by molar-refractivity contribution is 8.09. The summed E-state index contributed by atoms with van der Waals surface area (Å²) in [6.07, 6.45) is 1.14. The van der Waals surface area contributed by atoms with Crippen molar-refractivity contribution in [2.24, 2.45) is 5.10 Å². The summed E-state index contributed by atoms with van der Waals surface area (Å²) in [7, 11) is 0. The van der Waals surface area contributed by atoms with Crippen molar-refractivity contribution >= 4 is 35.6 Å². The SMILES string of the molecule is O=c1oc2ccccc2c(O)c1/C=N/NP(=S)(Oc1ccccc1)Oc1ccccc1. The Morgan fingerprint density at radius 3 is 2.06 bits per heavy atom. The maximum atomic E-state index is 12.3. The molecule has 1 aromatic heterocycles. The average Bonchev–Trinajstić information content (AvgIpc) is 2.77. The average molecular weight is 452 g/mol. The molecule has 0 fully saturated rings. The Balaban J connectivity index is 1.63. The van der Waals surface area contributed by atoms with Gasteiger partial charge >= 0.3 is 12.3 Å². The Kier molecular flexibility index (Phi) is 6.02. The maximum absolute atomic E-state index is 12.3. The molecule has 0 saturated heterocycles. The number of hydrogen-bond acceptors (Lipinski definition) is 7. The van der Waals surface area contributed by atoms with Crippen LogP contribution in [0.3, 0.4) is 0 Å². The van der Waals surface area contributed by atoms with Gasteiger partial charge < -0.3 is 18.6 Å². The van der Waals surface area contributed by atoms with E-state index in [0.717, 1.165) is 6.21 Å². The minimum Gasteiger partial charge on any atom is -0.506 e. The molecule has 0 saturated carbocycles. The highest BCUT2D eigenvalue weighted by Gasteiger charge is 2.22. The molecule has 9 heteroatoms. The van der Waals surface area contributed by atoms with Crippen LogP contribution < -0.4 is 19.9 Å². The van der Waals surface area contributed by atoms with Crippen molar-refractivity contribution in [2.45, 2.75) is 0 Å². The van der Waals surface area contributed by atoms with Crippen molar-refractivity contribution in [3.05, 3.63) is 101 Å². The van der Waals surface area contributed by atoms with Gasteiger partial charge in [-0.15, -0.1) is 0 Å². The summed E-state index contributed by atoms with van der Waals surface area (Å²) in [6, 6.07) is 24.5. The fraction of sp³-hybridized carbons (Fsp3) is 0. The van der Waals surface area contributed by atoms with Gasteiger partial charge in [0, 0.05) is 11.8 Å². The van der Waals surface area contributed by atoms with Crippen LogP contribution in [0.1, 0.15) is 5.56 Å². The molecular weight excluding hydrogens is 435 g/mol. The highest BCUT2D eigenvalue weighted by Crippen LogP contribution is 2.45. The normalized spacial score (nSPS) is 11.5. The lowest BCUT2D eigenvalue weighted by Gasteiger charge is -2.22. The minimum atomic E-state index is -3.21. The van der Waals surface area contributed by atoms with Gasteiger partial charge in [0.25, 0.3) is 0 Å². The number of para-hydroxylation sites is 3. The first kappa shape index (κ1) is 20.7. The lowest BCUT2D eigenvalue weighted by molar-refractivity contribution is 0.465. The number of fused-ring (bicyclic) bond motifs is 1. The second kappa shape index (κ2) is 9.04. The molecule has 0 amide bonds. The zero-order valence-corrected chi connectivity index (χ0v) is 17.8. The third kappa shape index (κ3) is 4.94. The molecule has 0 aliphatic carbocycles. The van der Waals surface area contributed by atoms with Crippen LogP contribution in [0.25, 0.3) is 11.0 Å². The molecule has 31 heavy (non-hydrogen) atoms. The molecule has 0 aliphatic heterocycles. The molecule has 3 aromatic carbocycles. The lowest BCUT2D eigenvalue weighted by atomic mass is 10.1. The molecule has 0 radical (unpaired) electrons. The van der Waals surface area contributed by atoms with Gasteiger partial charge in [-0.05, 0) is 36.4 Å². The van der Waals surface area contributed by atoms with Crippen LogP contribution in [0.5, 0.6) is 17.2 Å². The third-order valence-corrected chi connectivity index (χ3v) is 6.09. The fourth-order valence-corrected chi connectivity index (χ4v) is 4.50. The Morgan fingerprint density at radius 1 is 0.903 bits per heavy atom. The maximum Gasteiger partial charge on any atom is 0.408 e. The number of rotatable bonds is 7. The van der Waals surface area contributed by atoms with Crippen LogP contribution in [0.2, 0.25) is 0 Å². The van der Waals surface area contributed by atoms with Gasteiger partial charge in [-0.2, -0.15) is 5.10 Å². The molecule has 4 rings (SSSR count). The molecule has 0 atom stereocenters. The molecule has 156 valence electrons. The van der Waals surface area contributed by atoms with Crippen LogP contribution >= 0.6 is 6.64 Å². The topological polar surface area (TPSA) is 93.3 Å². The van der Waals surface area contributed by atoms with Crippen LogP contribution in [0.4, 0.5) is 0 Å². The van der Waals surface area contributed by atoms with Crippen molar-refractivity contribution in [2.75, 3.05) is 0 Å². The van der Waals surface area contributed by atoms with Gasteiger partial charge in [-0.3, -0.25) is 0 Å². The zero-order chi connectivity index (χ0) is 21.7. The number of benzene rings is 3. The second-order valence-corrected chi connectivity index (χ2v) is 9.31. The summed E-state index contributed by atoms with van der Waals surface area (Å²) in [4.78, 5) is 12.3. The molecule has 4 aromatic rings. The number of hydrazone groups is 1. The molecule has 2 N–H and O–H groups in total. The van der Waals surface area contributed by atoms with E-state index in [1.165, 1.54) is 0 Å². The smallest absolute Gasteiger partial charge is 0.408 e. The van der Waals surface area contributed by atoms with Crippen LogP contribution in [0, 0.1) is 0 Å². The minimum absolute atomic E-state index is 0.118. The van der Waals surface area contributed by atoms with Gasteiger partial charge in [-0.25, -0.2) is 9.99 Å². The quantitative estimate of drug-likeness (QED) is 0.180. The number of nitrogens with zero attached hydrogens (tertiary/aromatic N) is 1. The monoisotopic (exact) mass is 452 g/mol. The van der Waals surface area contributed by atoms with Crippen LogP contribution in [-0.2, 0) is 11.8 Å². The Labute approximate surface area is 182 Å². The molecule has 1 heterocycles. The molecule has 0 bridgehead atoms. The van der Waals surface area contributed by atoms with E-state index in [-0.39, 0.29) is 16.9 Å². The van der Waals surface area contributed by atoms with Gasteiger partial charge in [0.1, 0.15) is 28.4 Å². The van der Waals surface area contributed by atoms with Gasteiger partial charge in [-0.1, -0.05) is 48.5 Å². The van der Waals surface area contributed by atoms with Crippen molar-refractivity contribution in [3.63, 3.8) is 0 Å². The van der Waals surface area contributed by atoms with E-state index in [0.29, 0.717) is 16.9 Å². The standard InChI is InChI=1S/C22H17N2O5PS/c25-21-18-13-7-8-14-20(18)27-22(26)19(21)15-23-24-30(31,28-16-9-3-1-4-10-16)29-17-11-5-2-6-12-17/h1-15,25H,(H,24,31)/b23-15+. The van der Waals surface area contributed by atoms with E-state index in [9.17, 15) is 9.90 Å². The zero-order valence-electron chi connectivity index (χ0n) is 16.0. The summed E-state index contributed by atoms with van der Waals surface area (Å²) in [6.45, 7) is -3.21. The van der Waals surface area contributed by atoms with Crippen LogP contribution in [-0.4, -0.2) is 11.3 Å². The van der Waals surface area contributed by atoms with E-state index >= 15 is 0 Å². The van der Waals surface area contributed by atoms with E-state index in [2.05, 4.69) is 10.3 Å². The van der Waals surface area contributed by atoms with Crippen molar-refractivity contribution in [3.8, 4) is 17.2 Å². The van der Waals surface area contributed by atoms with Gasteiger partial charge in [0.2, 0.25) is 0 Å². The first-order chi connectivity index (χ1) is 15.0. The van der Waals surface area contributed by atoms with Gasteiger partial charge in [0.15, 0.2) is 0 Å². The fourth-order valence-electron chi connectivity index (χ4n) is 2.73. The predicted octanol–water partition coefficient (Wildman–Crippen LogP) is 4.80. The molecular formula is C22H17N2O5PS. The first-order valence-corrected chi connectivity index (χ1v) is 11.8. The summed E-state index contributed by atoms with van der Waals surface area (Å²) in [5, 5.41) is 17.6. The van der Waals surface area contributed by atoms with E-state index in [1.54, 1.807) is 72.8 Å². The van der Waals surface area contributed by atoms with Crippen molar-refractivity contribution < 1.29 is 18.6 Å². The van der Waals surface area contributed by atoms with E-state index in [4.69, 9.17) is 25.3 Å².